The first-order valence-corrected chi connectivity index (χ1v) is 8.10. The lowest BCUT2D eigenvalue weighted by molar-refractivity contribution is 0.629. The van der Waals surface area contributed by atoms with Gasteiger partial charge in [-0.25, -0.2) is 14.4 Å². The van der Waals surface area contributed by atoms with Gasteiger partial charge in [-0.3, -0.25) is 4.40 Å². The summed E-state index contributed by atoms with van der Waals surface area (Å²) in [5.74, 6) is -0.369. The van der Waals surface area contributed by atoms with E-state index in [-0.39, 0.29) is 5.82 Å². The molecule has 0 atom stereocenters. The minimum absolute atomic E-state index is 0.369. The highest BCUT2D eigenvalue weighted by molar-refractivity contribution is 6.35. The van der Waals surface area contributed by atoms with Crippen molar-refractivity contribution in [1.29, 1.82) is 0 Å². The molecule has 0 saturated heterocycles. The van der Waals surface area contributed by atoms with E-state index in [4.69, 9.17) is 28.2 Å². The van der Waals surface area contributed by atoms with Gasteiger partial charge in [-0.15, -0.1) is 0 Å². The van der Waals surface area contributed by atoms with Crippen LogP contribution in [0.25, 0.3) is 27.7 Å². The number of hydrogen-bond donors (Lipinski definition) is 0. The molecule has 0 unspecified atom stereocenters. The molecule has 3 nitrogen and oxygen atoms in total. The molecule has 0 aliphatic rings. The second-order valence-electron chi connectivity index (χ2n) is 5.69. The first kappa shape index (κ1) is 15.4. The van der Waals surface area contributed by atoms with Gasteiger partial charge in [0.25, 0.3) is 0 Å². The van der Waals surface area contributed by atoms with Crippen molar-refractivity contribution in [2.24, 2.45) is 0 Å². The summed E-state index contributed by atoms with van der Waals surface area (Å²) in [6.07, 6.45) is 1.68. The Hall–Kier alpha value is -2.17. The number of hydrogen-bond acceptors (Lipinski definition) is 2. The van der Waals surface area contributed by atoms with E-state index in [1.807, 2.05) is 18.2 Å². The van der Waals surface area contributed by atoms with Gasteiger partial charge < -0.3 is 0 Å². The lowest BCUT2D eigenvalue weighted by Gasteiger charge is -2.12. The molecule has 2 heterocycles. The quantitative estimate of drug-likeness (QED) is 0.442. The number of rotatable bonds is 1. The molecule has 4 rings (SSSR count). The highest BCUT2D eigenvalue weighted by Gasteiger charge is 2.16. The topological polar surface area (TPSA) is 30.2 Å². The summed E-state index contributed by atoms with van der Waals surface area (Å²) in [7, 11) is 0. The molecule has 0 saturated carbocycles. The summed E-state index contributed by atoms with van der Waals surface area (Å²) >= 11 is 12.4. The van der Waals surface area contributed by atoms with Gasteiger partial charge in [0.1, 0.15) is 12.1 Å². The zero-order chi connectivity index (χ0) is 17.0. The Balaban J connectivity index is 2.19. The third kappa shape index (κ3) is 2.26. The van der Waals surface area contributed by atoms with E-state index < -0.39 is 0 Å². The van der Waals surface area contributed by atoms with E-state index >= 15 is 0 Å². The minimum Gasteiger partial charge on any atom is -0.295 e. The zero-order valence-corrected chi connectivity index (χ0v) is 14.5. The molecule has 6 heteroatoms. The number of aromatic nitrogens is 3. The van der Waals surface area contributed by atoms with Crippen molar-refractivity contribution in [3.8, 4) is 11.1 Å². The van der Waals surface area contributed by atoms with Crippen LogP contribution in [0.5, 0.6) is 0 Å². The van der Waals surface area contributed by atoms with Crippen molar-refractivity contribution >= 4 is 39.8 Å². The molecule has 2 aromatic heterocycles. The van der Waals surface area contributed by atoms with Gasteiger partial charge in [0.15, 0.2) is 0 Å². The largest absolute Gasteiger partial charge is 0.295 e. The number of imidazole rings is 1. The van der Waals surface area contributed by atoms with Crippen LogP contribution in [-0.2, 0) is 0 Å². The Morgan fingerprint density at radius 3 is 2.58 bits per heavy atom. The first-order chi connectivity index (χ1) is 11.5. The molecule has 0 amide bonds. The van der Waals surface area contributed by atoms with Crippen LogP contribution in [0.3, 0.4) is 0 Å². The third-order valence-electron chi connectivity index (χ3n) is 4.11. The van der Waals surface area contributed by atoms with Gasteiger partial charge in [0.2, 0.25) is 0 Å². The molecule has 2 aromatic carbocycles. The van der Waals surface area contributed by atoms with Gasteiger partial charge in [0.05, 0.1) is 27.9 Å². The Kier molecular flexibility index (Phi) is 3.48. The van der Waals surface area contributed by atoms with Crippen LogP contribution in [0.1, 0.15) is 11.4 Å². The van der Waals surface area contributed by atoms with E-state index in [1.165, 1.54) is 12.1 Å². The fraction of sp³-hybridized carbons (Fsp3) is 0.111. The predicted molar refractivity (Wildman–Crippen MR) is 95.4 cm³/mol. The van der Waals surface area contributed by atoms with Crippen molar-refractivity contribution in [3.63, 3.8) is 0 Å². The van der Waals surface area contributed by atoms with Gasteiger partial charge in [0, 0.05) is 27.2 Å². The second kappa shape index (κ2) is 5.43. The molecule has 0 bridgehead atoms. The van der Waals surface area contributed by atoms with Gasteiger partial charge in [-0.2, -0.15) is 0 Å². The van der Waals surface area contributed by atoms with Crippen molar-refractivity contribution in [1.82, 2.24) is 14.4 Å². The average molecular weight is 360 g/mol. The Morgan fingerprint density at radius 1 is 1.00 bits per heavy atom. The summed E-state index contributed by atoms with van der Waals surface area (Å²) in [5, 5.41) is 1.02. The molecule has 0 N–H and O–H groups in total. The van der Waals surface area contributed by atoms with E-state index in [9.17, 15) is 4.39 Å². The molecule has 0 fully saturated rings. The molecule has 0 aliphatic carbocycles. The summed E-state index contributed by atoms with van der Waals surface area (Å²) in [6, 6.07) is 8.01. The molecule has 120 valence electrons. The maximum Gasteiger partial charge on any atom is 0.126 e. The lowest BCUT2D eigenvalue weighted by atomic mass is 10.0. The highest BCUT2D eigenvalue weighted by atomic mass is 35.5. The summed E-state index contributed by atoms with van der Waals surface area (Å²) < 4.78 is 16.2. The SMILES string of the molecule is Cc1ncn2c1c(C)nc1c(-c3cc(Cl)ccc3Cl)cc(F)cc12. The Labute approximate surface area is 147 Å². The van der Waals surface area contributed by atoms with Crippen molar-refractivity contribution in [2.75, 3.05) is 0 Å². The van der Waals surface area contributed by atoms with Crippen LogP contribution in [0.15, 0.2) is 36.7 Å². The third-order valence-corrected chi connectivity index (χ3v) is 4.67. The zero-order valence-electron chi connectivity index (χ0n) is 12.9. The number of aryl methyl sites for hydroxylation is 2. The Bertz CT molecular complexity index is 1120. The molecule has 0 aliphatic heterocycles. The fourth-order valence-electron chi connectivity index (χ4n) is 3.07. The minimum atomic E-state index is -0.369. The van der Waals surface area contributed by atoms with Crippen LogP contribution in [0, 0.1) is 19.7 Å². The first-order valence-electron chi connectivity index (χ1n) is 7.34. The normalized spacial score (nSPS) is 11.5. The van der Waals surface area contributed by atoms with E-state index in [0.717, 1.165) is 16.9 Å². The highest BCUT2D eigenvalue weighted by Crippen LogP contribution is 2.36. The van der Waals surface area contributed by atoms with Crippen LogP contribution in [-0.4, -0.2) is 14.4 Å². The van der Waals surface area contributed by atoms with E-state index in [2.05, 4.69) is 4.98 Å². The van der Waals surface area contributed by atoms with Crippen LogP contribution >= 0.6 is 23.2 Å². The van der Waals surface area contributed by atoms with E-state index in [0.29, 0.717) is 32.2 Å². The van der Waals surface area contributed by atoms with Gasteiger partial charge in [-0.1, -0.05) is 23.2 Å². The van der Waals surface area contributed by atoms with Crippen molar-refractivity contribution in [3.05, 3.63) is 63.9 Å². The van der Waals surface area contributed by atoms with Gasteiger partial charge >= 0.3 is 0 Å². The van der Waals surface area contributed by atoms with Crippen LogP contribution in [0.2, 0.25) is 10.0 Å². The lowest BCUT2D eigenvalue weighted by Crippen LogP contribution is -1.98. The maximum absolute atomic E-state index is 14.3. The number of fused-ring (bicyclic) bond motifs is 3. The Morgan fingerprint density at radius 2 is 1.79 bits per heavy atom. The van der Waals surface area contributed by atoms with Crippen molar-refractivity contribution < 1.29 is 4.39 Å². The standard InChI is InChI=1S/C18H12Cl2FN3/c1-9-18-10(2)23-17-14(13-5-11(19)3-4-15(13)20)6-12(21)7-16(17)24(18)8-22-9/h3-8H,1-2H3. The number of halogens is 3. The summed E-state index contributed by atoms with van der Waals surface area (Å²) in [6.45, 7) is 3.82. The molecule has 4 aromatic rings. The summed E-state index contributed by atoms with van der Waals surface area (Å²) in [4.78, 5) is 9.02. The maximum atomic E-state index is 14.3. The molecular formula is C18H12Cl2FN3. The average Bonchev–Trinajstić information content (AvgIpc) is 2.93. The molecule has 0 spiro atoms. The molecule has 24 heavy (non-hydrogen) atoms. The molecule has 0 radical (unpaired) electrons. The number of benzene rings is 2. The van der Waals surface area contributed by atoms with Gasteiger partial charge in [-0.05, 0) is 38.1 Å². The van der Waals surface area contributed by atoms with Crippen molar-refractivity contribution in [2.45, 2.75) is 13.8 Å². The predicted octanol–water partition coefficient (Wildman–Crippen LogP) is 5.61. The molecular weight excluding hydrogens is 348 g/mol. The summed E-state index contributed by atoms with van der Waals surface area (Å²) in [5.41, 5.74) is 5.11. The van der Waals surface area contributed by atoms with Crippen LogP contribution in [0.4, 0.5) is 4.39 Å². The smallest absolute Gasteiger partial charge is 0.126 e. The second-order valence-corrected chi connectivity index (χ2v) is 6.53. The van der Waals surface area contributed by atoms with E-state index in [1.54, 1.807) is 24.5 Å². The van der Waals surface area contributed by atoms with Crippen LogP contribution < -0.4 is 0 Å². The fourth-order valence-corrected chi connectivity index (χ4v) is 3.46. The number of nitrogens with zero attached hydrogens (tertiary/aromatic N) is 3. The monoisotopic (exact) mass is 359 g/mol.